The van der Waals surface area contributed by atoms with E-state index in [0.717, 1.165) is 38.4 Å². The van der Waals surface area contributed by atoms with Gasteiger partial charge in [-0.05, 0) is 37.6 Å². The van der Waals surface area contributed by atoms with Crippen LogP contribution in [0.15, 0.2) is 23.1 Å². The fraction of sp³-hybridized carbons (Fsp3) is 0.500. The lowest BCUT2D eigenvalue weighted by Gasteiger charge is -2.26. The average Bonchev–Trinajstić information content (AvgIpc) is 2.97. The number of benzene rings is 1. The van der Waals surface area contributed by atoms with Gasteiger partial charge in [0.05, 0.1) is 24.7 Å². The molecule has 2 fully saturated rings. The standard InChI is InChI=1S/C20H26N2O4S2/c1-3-22-19(23)18(28-20(22)27)14-15-5-6-16(17(13-15)25-4-2)26-12-9-21-7-10-24-11-8-21/h5-6,13-14H,3-4,7-12H2,1-2H3/b18-14-. The van der Waals surface area contributed by atoms with Crippen molar-refractivity contribution in [2.75, 3.05) is 52.6 Å². The van der Waals surface area contributed by atoms with Crippen LogP contribution in [0.2, 0.25) is 0 Å². The summed E-state index contributed by atoms with van der Waals surface area (Å²) in [6, 6.07) is 5.74. The van der Waals surface area contributed by atoms with Gasteiger partial charge in [0.25, 0.3) is 5.91 Å². The average molecular weight is 423 g/mol. The predicted octanol–water partition coefficient (Wildman–Crippen LogP) is 3.02. The highest BCUT2D eigenvalue weighted by Gasteiger charge is 2.30. The Morgan fingerprint density at radius 2 is 2.00 bits per heavy atom. The van der Waals surface area contributed by atoms with Gasteiger partial charge in [-0.3, -0.25) is 14.6 Å². The molecule has 1 aromatic rings. The second-order valence-corrected chi connectivity index (χ2v) is 8.04. The minimum absolute atomic E-state index is 0.0405. The molecule has 152 valence electrons. The third-order valence-electron chi connectivity index (χ3n) is 4.52. The SMILES string of the molecule is CCOc1cc(/C=C2\SC(=S)N(CC)C2=O)ccc1OCCN1CCOCC1. The highest BCUT2D eigenvalue weighted by atomic mass is 32.2. The molecular weight excluding hydrogens is 396 g/mol. The quantitative estimate of drug-likeness (QED) is 0.471. The van der Waals surface area contributed by atoms with Gasteiger partial charge in [0, 0.05) is 26.2 Å². The van der Waals surface area contributed by atoms with Crippen molar-refractivity contribution >= 4 is 40.3 Å². The second-order valence-electron chi connectivity index (χ2n) is 6.37. The van der Waals surface area contributed by atoms with Crippen molar-refractivity contribution in [2.24, 2.45) is 0 Å². The zero-order valence-electron chi connectivity index (χ0n) is 16.3. The van der Waals surface area contributed by atoms with E-state index in [1.807, 2.05) is 38.1 Å². The van der Waals surface area contributed by atoms with Gasteiger partial charge in [0.1, 0.15) is 10.9 Å². The topological polar surface area (TPSA) is 51.2 Å². The minimum Gasteiger partial charge on any atom is -0.490 e. The lowest BCUT2D eigenvalue weighted by atomic mass is 10.2. The van der Waals surface area contributed by atoms with Crippen LogP contribution in [-0.4, -0.2) is 72.6 Å². The number of morpholine rings is 1. The van der Waals surface area contributed by atoms with Crippen molar-refractivity contribution in [3.63, 3.8) is 0 Å². The summed E-state index contributed by atoms with van der Waals surface area (Å²) in [5.74, 6) is 1.36. The maximum Gasteiger partial charge on any atom is 0.266 e. The van der Waals surface area contributed by atoms with Crippen LogP contribution in [-0.2, 0) is 9.53 Å². The molecule has 2 aliphatic rings. The smallest absolute Gasteiger partial charge is 0.266 e. The molecule has 0 atom stereocenters. The van der Waals surface area contributed by atoms with E-state index < -0.39 is 0 Å². The molecule has 6 nitrogen and oxygen atoms in total. The van der Waals surface area contributed by atoms with Crippen LogP contribution in [0.4, 0.5) is 0 Å². The van der Waals surface area contributed by atoms with Gasteiger partial charge in [-0.25, -0.2) is 0 Å². The van der Waals surface area contributed by atoms with Crippen molar-refractivity contribution in [1.29, 1.82) is 0 Å². The molecule has 0 N–H and O–H groups in total. The van der Waals surface area contributed by atoms with Crippen molar-refractivity contribution in [3.8, 4) is 11.5 Å². The van der Waals surface area contributed by atoms with Gasteiger partial charge >= 0.3 is 0 Å². The molecule has 3 rings (SSSR count). The molecule has 1 amide bonds. The molecule has 2 saturated heterocycles. The van der Waals surface area contributed by atoms with E-state index in [0.29, 0.717) is 40.5 Å². The van der Waals surface area contributed by atoms with E-state index in [2.05, 4.69) is 4.90 Å². The number of carbonyl (C=O) groups excluding carboxylic acids is 1. The van der Waals surface area contributed by atoms with E-state index in [1.54, 1.807) is 4.90 Å². The first-order chi connectivity index (χ1) is 13.6. The third-order valence-corrected chi connectivity index (χ3v) is 5.90. The monoisotopic (exact) mass is 422 g/mol. The molecule has 28 heavy (non-hydrogen) atoms. The van der Waals surface area contributed by atoms with Crippen LogP contribution in [0.25, 0.3) is 6.08 Å². The molecule has 2 aliphatic heterocycles. The molecule has 2 heterocycles. The summed E-state index contributed by atoms with van der Waals surface area (Å²) >= 11 is 6.61. The number of ether oxygens (including phenoxy) is 3. The van der Waals surface area contributed by atoms with Crippen molar-refractivity contribution in [1.82, 2.24) is 9.80 Å². The Morgan fingerprint density at radius 1 is 1.21 bits per heavy atom. The Balaban J connectivity index is 1.67. The molecule has 0 aromatic heterocycles. The van der Waals surface area contributed by atoms with E-state index in [4.69, 9.17) is 26.4 Å². The number of likely N-dealkylation sites (N-methyl/N-ethyl adjacent to an activating group) is 1. The fourth-order valence-electron chi connectivity index (χ4n) is 3.04. The number of nitrogens with zero attached hydrogens (tertiary/aromatic N) is 2. The first-order valence-electron chi connectivity index (χ1n) is 9.57. The summed E-state index contributed by atoms with van der Waals surface area (Å²) in [5, 5.41) is 0. The van der Waals surface area contributed by atoms with E-state index in [9.17, 15) is 4.79 Å². The predicted molar refractivity (Wildman–Crippen MR) is 116 cm³/mol. The number of thiocarbonyl (C=S) groups is 1. The van der Waals surface area contributed by atoms with Crippen LogP contribution in [0.5, 0.6) is 11.5 Å². The Kier molecular flexibility index (Phi) is 7.73. The van der Waals surface area contributed by atoms with Crippen LogP contribution < -0.4 is 9.47 Å². The van der Waals surface area contributed by atoms with Gasteiger partial charge in [0.15, 0.2) is 11.5 Å². The molecule has 0 spiro atoms. The lowest BCUT2D eigenvalue weighted by Crippen LogP contribution is -2.38. The highest BCUT2D eigenvalue weighted by molar-refractivity contribution is 8.26. The van der Waals surface area contributed by atoms with Crippen molar-refractivity contribution < 1.29 is 19.0 Å². The maximum absolute atomic E-state index is 12.4. The number of hydrogen-bond donors (Lipinski definition) is 0. The minimum atomic E-state index is -0.0405. The first-order valence-corrected chi connectivity index (χ1v) is 10.8. The van der Waals surface area contributed by atoms with Gasteiger partial charge in [0.2, 0.25) is 0 Å². The second kappa shape index (κ2) is 10.2. The molecular formula is C20H26N2O4S2. The number of rotatable bonds is 8. The van der Waals surface area contributed by atoms with Crippen LogP contribution in [0, 0.1) is 0 Å². The zero-order chi connectivity index (χ0) is 19.9. The molecule has 0 saturated carbocycles. The van der Waals surface area contributed by atoms with Crippen LogP contribution in [0.1, 0.15) is 19.4 Å². The summed E-state index contributed by atoms with van der Waals surface area (Å²) < 4.78 is 17.7. The highest BCUT2D eigenvalue weighted by Crippen LogP contribution is 2.34. The van der Waals surface area contributed by atoms with E-state index in [-0.39, 0.29) is 5.91 Å². The number of thioether (sulfide) groups is 1. The Labute approximate surface area is 175 Å². The fourth-order valence-corrected chi connectivity index (χ4v) is 4.42. The van der Waals surface area contributed by atoms with E-state index in [1.165, 1.54) is 11.8 Å². The summed E-state index contributed by atoms with van der Waals surface area (Å²) in [7, 11) is 0. The molecule has 1 aromatic carbocycles. The Bertz CT molecular complexity index is 748. The van der Waals surface area contributed by atoms with Gasteiger partial charge in [-0.2, -0.15) is 0 Å². The number of hydrogen-bond acceptors (Lipinski definition) is 7. The first kappa shape index (κ1) is 21.1. The van der Waals surface area contributed by atoms with Gasteiger partial charge < -0.3 is 14.2 Å². The number of amides is 1. The summed E-state index contributed by atoms with van der Waals surface area (Å²) in [6.45, 7) is 9.88. The zero-order valence-corrected chi connectivity index (χ0v) is 17.9. The molecule has 0 aliphatic carbocycles. The molecule has 0 bridgehead atoms. The summed E-state index contributed by atoms with van der Waals surface area (Å²) in [5.41, 5.74) is 0.889. The third kappa shape index (κ3) is 5.26. The molecule has 8 heteroatoms. The lowest BCUT2D eigenvalue weighted by molar-refractivity contribution is -0.121. The number of carbonyl (C=O) groups is 1. The largest absolute Gasteiger partial charge is 0.490 e. The van der Waals surface area contributed by atoms with Gasteiger partial charge in [-0.1, -0.05) is 30.0 Å². The van der Waals surface area contributed by atoms with Gasteiger partial charge in [-0.15, -0.1) is 0 Å². The Morgan fingerprint density at radius 3 is 2.68 bits per heavy atom. The summed E-state index contributed by atoms with van der Waals surface area (Å²) in [6.07, 6.45) is 1.86. The van der Waals surface area contributed by atoms with E-state index >= 15 is 0 Å². The maximum atomic E-state index is 12.4. The summed E-state index contributed by atoms with van der Waals surface area (Å²) in [4.78, 5) is 17.0. The van der Waals surface area contributed by atoms with Crippen LogP contribution >= 0.6 is 24.0 Å². The molecule has 0 unspecified atom stereocenters. The normalized spacial score (nSPS) is 19.5. The molecule has 0 radical (unpaired) electrons. The van der Waals surface area contributed by atoms with Crippen molar-refractivity contribution in [2.45, 2.75) is 13.8 Å². The Hall–Kier alpha value is -1.61. The van der Waals surface area contributed by atoms with Crippen molar-refractivity contribution in [3.05, 3.63) is 28.7 Å². The van der Waals surface area contributed by atoms with Crippen LogP contribution in [0.3, 0.4) is 0 Å².